The first-order valence-corrected chi connectivity index (χ1v) is 1.47. The second kappa shape index (κ2) is 1.08. The van der Waals surface area contributed by atoms with E-state index in [2.05, 4.69) is 4.98 Å². The van der Waals surface area contributed by atoms with Gasteiger partial charge in [0.15, 0.2) is 0 Å². The number of hydrogen-bond donors (Lipinski definition) is 0. The lowest BCUT2D eigenvalue weighted by atomic mass is 11.0. The standard InChI is InChI=1S/C3H2FN2/c4-6-2-1-5-3-6/h1-2H. The molecule has 0 saturated carbocycles. The third-order valence-corrected chi connectivity index (χ3v) is 0.425. The minimum atomic E-state index is 0.264. The summed E-state index contributed by atoms with van der Waals surface area (Å²) >= 11 is 0. The Hall–Kier alpha value is -0.860. The smallest absolute Gasteiger partial charge is 0.208 e. The van der Waals surface area contributed by atoms with Crippen molar-refractivity contribution < 1.29 is 4.48 Å². The van der Waals surface area contributed by atoms with Gasteiger partial charge in [-0.05, 0) is 0 Å². The first-order chi connectivity index (χ1) is 2.89. The summed E-state index contributed by atoms with van der Waals surface area (Å²) in [6.45, 7) is 0. The highest BCUT2D eigenvalue weighted by Crippen LogP contribution is 1.77. The molecule has 0 N–H and O–H groups in total. The Morgan fingerprint density at radius 1 is 1.83 bits per heavy atom. The van der Waals surface area contributed by atoms with Gasteiger partial charge in [0.2, 0.25) is 6.33 Å². The zero-order chi connectivity index (χ0) is 4.41. The van der Waals surface area contributed by atoms with Crippen LogP contribution in [0.15, 0.2) is 12.4 Å². The lowest BCUT2D eigenvalue weighted by Crippen LogP contribution is -1.68. The summed E-state index contributed by atoms with van der Waals surface area (Å²) < 4.78 is 11.5. The summed E-state index contributed by atoms with van der Waals surface area (Å²) in [5.74, 6) is 0. The number of halogens is 1. The van der Waals surface area contributed by atoms with Gasteiger partial charge in [0, 0.05) is 6.20 Å². The topological polar surface area (TPSA) is 17.8 Å². The molecule has 1 aromatic rings. The van der Waals surface area contributed by atoms with E-state index in [0.29, 0.717) is 0 Å². The van der Waals surface area contributed by atoms with E-state index in [1.165, 1.54) is 12.4 Å². The van der Waals surface area contributed by atoms with E-state index in [-0.39, 0.29) is 4.79 Å². The number of hydrogen-bond acceptors (Lipinski definition) is 1. The van der Waals surface area contributed by atoms with Gasteiger partial charge in [-0.1, -0.05) is 4.48 Å². The van der Waals surface area contributed by atoms with Crippen LogP contribution in [-0.2, 0) is 0 Å². The maximum Gasteiger partial charge on any atom is 0.208 e. The summed E-state index contributed by atoms with van der Waals surface area (Å²) in [4.78, 5) is 3.55. The molecule has 0 aliphatic carbocycles. The van der Waals surface area contributed by atoms with E-state index in [4.69, 9.17) is 0 Å². The van der Waals surface area contributed by atoms with E-state index >= 15 is 0 Å². The Morgan fingerprint density at radius 3 is 2.83 bits per heavy atom. The van der Waals surface area contributed by atoms with Crippen LogP contribution >= 0.6 is 0 Å². The predicted octanol–water partition coefficient (Wildman–Crippen LogP) is 0.416. The summed E-state index contributed by atoms with van der Waals surface area (Å²) in [6.07, 6.45) is 4.49. The van der Waals surface area contributed by atoms with E-state index in [9.17, 15) is 4.48 Å². The van der Waals surface area contributed by atoms with Gasteiger partial charge in [-0.2, -0.15) is 4.79 Å². The molecule has 1 radical (unpaired) electrons. The molecule has 2 nitrogen and oxygen atoms in total. The van der Waals surface area contributed by atoms with Crippen molar-refractivity contribution in [3.63, 3.8) is 0 Å². The normalized spacial score (nSPS) is 8.83. The summed E-state index contributed by atoms with van der Waals surface area (Å²) in [5, 5.41) is 0. The molecule has 0 unspecified atom stereocenters. The highest BCUT2D eigenvalue weighted by atomic mass is 19.2. The van der Waals surface area contributed by atoms with E-state index < -0.39 is 0 Å². The van der Waals surface area contributed by atoms with Crippen molar-refractivity contribution in [3.05, 3.63) is 18.7 Å². The molecule has 0 aliphatic rings. The second-order valence-electron chi connectivity index (χ2n) is 0.838. The molecule has 31 valence electrons. The number of aromatic nitrogens is 2. The molecule has 0 aliphatic heterocycles. The third kappa shape index (κ3) is 0.381. The van der Waals surface area contributed by atoms with E-state index in [0.717, 1.165) is 0 Å². The Kier molecular flexibility index (Phi) is 0.602. The largest absolute Gasteiger partial charge is 0.232 e. The quantitative estimate of drug-likeness (QED) is 0.446. The Balaban J connectivity index is 3.05. The van der Waals surface area contributed by atoms with Crippen LogP contribution in [-0.4, -0.2) is 9.77 Å². The molecule has 1 heterocycles. The highest BCUT2D eigenvalue weighted by molar-refractivity contribution is 4.66. The molecule has 6 heavy (non-hydrogen) atoms. The molecule has 0 aromatic carbocycles. The van der Waals surface area contributed by atoms with Crippen molar-refractivity contribution in [1.29, 1.82) is 0 Å². The van der Waals surface area contributed by atoms with Crippen LogP contribution in [0.3, 0.4) is 0 Å². The molecule has 0 amide bonds. The number of rotatable bonds is 0. The minimum Gasteiger partial charge on any atom is -0.232 e. The molecule has 0 spiro atoms. The van der Waals surface area contributed by atoms with Crippen molar-refractivity contribution >= 4 is 0 Å². The molecule has 0 bridgehead atoms. The van der Waals surface area contributed by atoms with Crippen molar-refractivity contribution in [2.75, 3.05) is 0 Å². The average Bonchev–Trinajstić information content (AvgIpc) is 1.86. The molecule has 1 rings (SSSR count). The average molecular weight is 85.1 g/mol. The third-order valence-electron chi connectivity index (χ3n) is 0.425. The van der Waals surface area contributed by atoms with Gasteiger partial charge < -0.3 is 0 Å². The molecule has 0 saturated heterocycles. The Labute approximate surface area is 34.2 Å². The maximum atomic E-state index is 11.5. The van der Waals surface area contributed by atoms with E-state index in [1.54, 1.807) is 0 Å². The van der Waals surface area contributed by atoms with Crippen LogP contribution in [0, 0.1) is 6.33 Å². The van der Waals surface area contributed by atoms with Crippen molar-refractivity contribution in [2.24, 2.45) is 0 Å². The maximum absolute atomic E-state index is 11.5. The first kappa shape index (κ1) is 3.33. The molecule has 3 heteroatoms. The Morgan fingerprint density at radius 2 is 2.67 bits per heavy atom. The molecular formula is C3H2FN2. The second-order valence-corrected chi connectivity index (χ2v) is 0.838. The number of imidazole rings is 1. The van der Waals surface area contributed by atoms with Crippen LogP contribution in [0.4, 0.5) is 4.48 Å². The lowest BCUT2D eigenvalue weighted by Gasteiger charge is -1.67. The fourth-order valence-corrected chi connectivity index (χ4v) is 0.214. The first-order valence-electron chi connectivity index (χ1n) is 1.47. The SMILES string of the molecule is Fn1[c]ncc1. The van der Waals surface area contributed by atoms with Crippen molar-refractivity contribution in [2.45, 2.75) is 0 Å². The van der Waals surface area contributed by atoms with E-state index in [1.807, 2.05) is 6.33 Å². The van der Waals surface area contributed by atoms with Crippen LogP contribution < -0.4 is 0 Å². The van der Waals surface area contributed by atoms with Gasteiger partial charge in [0.25, 0.3) is 0 Å². The van der Waals surface area contributed by atoms with Crippen LogP contribution in [0.5, 0.6) is 0 Å². The molecule has 0 atom stereocenters. The fraction of sp³-hybridized carbons (Fsp3) is 0. The predicted molar refractivity (Wildman–Crippen MR) is 17.6 cm³/mol. The Bertz CT molecular complexity index is 112. The zero-order valence-corrected chi connectivity index (χ0v) is 2.93. The highest BCUT2D eigenvalue weighted by Gasteiger charge is 1.76. The summed E-state index contributed by atoms with van der Waals surface area (Å²) in [5.41, 5.74) is 0. The van der Waals surface area contributed by atoms with Gasteiger partial charge in [-0.3, -0.25) is 0 Å². The summed E-state index contributed by atoms with van der Waals surface area (Å²) in [7, 11) is 0. The van der Waals surface area contributed by atoms with Gasteiger partial charge >= 0.3 is 0 Å². The fourth-order valence-electron chi connectivity index (χ4n) is 0.214. The monoisotopic (exact) mass is 85.0 g/mol. The van der Waals surface area contributed by atoms with Gasteiger partial charge in [0.1, 0.15) is 0 Å². The van der Waals surface area contributed by atoms with Gasteiger partial charge in [-0.25, -0.2) is 4.98 Å². The van der Waals surface area contributed by atoms with Crippen molar-refractivity contribution in [3.8, 4) is 0 Å². The lowest BCUT2D eigenvalue weighted by molar-refractivity contribution is 0.365. The number of nitrogens with zero attached hydrogens (tertiary/aromatic N) is 2. The van der Waals surface area contributed by atoms with Gasteiger partial charge in [0.05, 0.1) is 6.20 Å². The molecule has 1 aromatic heterocycles. The van der Waals surface area contributed by atoms with Crippen LogP contribution in [0.2, 0.25) is 0 Å². The summed E-state index contributed by atoms with van der Waals surface area (Å²) in [6, 6.07) is 0. The minimum absolute atomic E-state index is 0.264. The van der Waals surface area contributed by atoms with Crippen LogP contribution in [0.25, 0.3) is 0 Å². The van der Waals surface area contributed by atoms with Crippen LogP contribution in [0.1, 0.15) is 0 Å². The van der Waals surface area contributed by atoms with Gasteiger partial charge in [-0.15, -0.1) is 0 Å². The zero-order valence-electron chi connectivity index (χ0n) is 2.93. The molecule has 0 fully saturated rings. The van der Waals surface area contributed by atoms with Crippen molar-refractivity contribution in [1.82, 2.24) is 9.77 Å². The molecular weight excluding hydrogens is 83.0 g/mol.